The van der Waals surface area contributed by atoms with Gasteiger partial charge in [-0.25, -0.2) is 0 Å². The lowest BCUT2D eigenvalue weighted by Crippen LogP contribution is -2.39. The minimum absolute atomic E-state index is 0.707. The Morgan fingerprint density at radius 3 is 1.78 bits per heavy atom. The molecule has 2 unspecified atom stereocenters. The zero-order valence-corrected chi connectivity index (χ0v) is 4.87. The average molecular weight is 124 g/mol. The molecule has 0 aromatic carbocycles. The van der Waals surface area contributed by atoms with E-state index >= 15 is 0 Å². The van der Waals surface area contributed by atoms with Crippen LogP contribution in [0.25, 0.3) is 0 Å². The molecule has 48 valence electrons. The number of fused-ring (bicyclic) bond motifs is 1. The SMILES string of the molecule is NC12C=CC=CC1(N)O2. The quantitative estimate of drug-likeness (QED) is 0.426. The predicted octanol–water partition coefficient (Wildman–Crippen LogP) is -0.547. The number of nitrogens with two attached hydrogens (primary N) is 2. The summed E-state index contributed by atoms with van der Waals surface area (Å²) < 4.78 is 5.03. The topological polar surface area (TPSA) is 64.6 Å². The van der Waals surface area contributed by atoms with Crippen LogP contribution in [0.4, 0.5) is 0 Å². The lowest BCUT2D eigenvalue weighted by molar-refractivity contribution is 0.312. The van der Waals surface area contributed by atoms with Gasteiger partial charge in [0.2, 0.25) is 0 Å². The number of hydrogen-bond acceptors (Lipinski definition) is 3. The predicted molar refractivity (Wildman–Crippen MR) is 33.2 cm³/mol. The van der Waals surface area contributed by atoms with Crippen LogP contribution < -0.4 is 11.5 Å². The maximum Gasteiger partial charge on any atom is 0.185 e. The first-order chi connectivity index (χ1) is 4.16. The van der Waals surface area contributed by atoms with E-state index in [1.54, 1.807) is 12.2 Å². The van der Waals surface area contributed by atoms with E-state index in [1.165, 1.54) is 0 Å². The molecule has 0 bridgehead atoms. The molecule has 1 aliphatic heterocycles. The van der Waals surface area contributed by atoms with E-state index in [1.807, 2.05) is 12.2 Å². The lowest BCUT2D eigenvalue weighted by Gasteiger charge is -2.05. The molecule has 0 aromatic heterocycles. The van der Waals surface area contributed by atoms with E-state index in [9.17, 15) is 0 Å². The maximum atomic E-state index is 5.60. The van der Waals surface area contributed by atoms with Crippen LogP contribution >= 0.6 is 0 Å². The first-order valence-corrected chi connectivity index (χ1v) is 2.81. The van der Waals surface area contributed by atoms with Gasteiger partial charge in [0.15, 0.2) is 11.4 Å². The summed E-state index contributed by atoms with van der Waals surface area (Å²) in [5, 5.41) is 0. The minimum atomic E-state index is -0.707. The summed E-state index contributed by atoms with van der Waals surface area (Å²) in [4.78, 5) is 0. The van der Waals surface area contributed by atoms with E-state index < -0.39 is 11.4 Å². The molecule has 0 radical (unpaired) electrons. The molecule has 0 amide bonds. The second-order valence-electron chi connectivity index (χ2n) is 2.41. The first-order valence-electron chi connectivity index (χ1n) is 2.81. The highest BCUT2D eigenvalue weighted by molar-refractivity contribution is 5.35. The molecule has 3 nitrogen and oxygen atoms in total. The molecule has 2 aliphatic rings. The highest BCUT2D eigenvalue weighted by atomic mass is 16.7. The Morgan fingerprint density at radius 1 is 1.00 bits per heavy atom. The van der Waals surface area contributed by atoms with Crippen LogP contribution in [0.3, 0.4) is 0 Å². The van der Waals surface area contributed by atoms with Gasteiger partial charge in [-0.3, -0.25) is 11.5 Å². The summed E-state index contributed by atoms with van der Waals surface area (Å²) in [5.74, 6) is 0. The Morgan fingerprint density at radius 2 is 1.44 bits per heavy atom. The van der Waals surface area contributed by atoms with Gasteiger partial charge in [0.1, 0.15) is 0 Å². The van der Waals surface area contributed by atoms with Crippen LogP contribution in [-0.4, -0.2) is 11.4 Å². The Labute approximate surface area is 53.0 Å². The third kappa shape index (κ3) is 0.463. The second kappa shape index (κ2) is 1.11. The molecule has 3 heteroatoms. The van der Waals surface area contributed by atoms with E-state index in [-0.39, 0.29) is 0 Å². The van der Waals surface area contributed by atoms with Crippen molar-refractivity contribution in [2.24, 2.45) is 11.5 Å². The molecular formula is C6H8N2O. The number of rotatable bonds is 0. The maximum absolute atomic E-state index is 5.60. The van der Waals surface area contributed by atoms with Gasteiger partial charge in [0.05, 0.1) is 0 Å². The Balaban J connectivity index is 2.40. The summed E-state index contributed by atoms with van der Waals surface area (Å²) in [5.41, 5.74) is 9.79. The van der Waals surface area contributed by atoms with Crippen molar-refractivity contribution in [3.8, 4) is 0 Å². The molecule has 2 rings (SSSR count). The zero-order chi connectivity index (χ0) is 6.54. The number of epoxide rings is 1. The van der Waals surface area contributed by atoms with Crippen molar-refractivity contribution in [1.82, 2.24) is 0 Å². The van der Waals surface area contributed by atoms with Crippen LogP contribution in [0.15, 0.2) is 24.3 Å². The van der Waals surface area contributed by atoms with Crippen LogP contribution in [0.2, 0.25) is 0 Å². The fourth-order valence-electron chi connectivity index (χ4n) is 0.979. The van der Waals surface area contributed by atoms with Crippen molar-refractivity contribution < 1.29 is 4.74 Å². The van der Waals surface area contributed by atoms with Crippen LogP contribution in [0.1, 0.15) is 0 Å². The molecule has 2 atom stereocenters. The minimum Gasteiger partial charge on any atom is -0.323 e. The molecule has 1 fully saturated rings. The molecule has 1 saturated heterocycles. The summed E-state index contributed by atoms with van der Waals surface area (Å²) >= 11 is 0. The van der Waals surface area contributed by atoms with E-state index in [0.29, 0.717) is 0 Å². The van der Waals surface area contributed by atoms with Gasteiger partial charge in [-0.1, -0.05) is 12.2 Å². The monoisotopic (exact) mass is 124 g/mol. The van der Waals surface area contributed by atoms with Crippen molar-refractivity contribution in [2.75, 3.05) is 0 Å². The smallest absolute Gasteiger partial charge is 0.185 e. The van der Waals surface area contributed by atoms with Crippen molar-refractivity contribution >= 4 is 0 Å². The van der Waals surface area contributed by atoms with Crippen LogP contribution in [-0.2, 0) is 4.74 Å². The van der Waals surface area contributed by atoms with Crippen LogP contribution in [0.5, 0.6) is 0 Å². The average Bonchev–Trinajstić information content (AvgIpc) is 2.33. The van der Waals surface area contributed by atoms with Gasteiger partial charge < -0.3 is 4.74 Å². The summed E-state index contributed by atoms with van der Waals surface area (Å²) in [6.45, 7) is 0. The Kier molecular flexibility index (Phi) is 0.639. The molecule has 0 spiro atoms. The highest BCUT2D eigenvalue weighted by Crippen LogP contribution is 2.43. The van der Waals surface area contributed by atoms with Crippen molar-refractivity contribution in [3.63, 3.8) is 0 Å². The number of hydrogen-bond donors (Lipinski definition) is 2. The zero-order valence-electron chi connectivity index (χ0n) is 4.87. The third-order valence-corrected chi connectivity index (χ3v) is 1.71. The molecule has 9 heavy (non-hydrogen) atoms. The van der Waals surface area contributed by atoms with E-state index in [2.05, 4.69) is 0 Å². The standard InChI is InChI=1S/C6H8N2O/c7-5-3-1-2-4-6(5,8)9-5/h1-4H,7-8H2. The van der Waals surface area contributed by atoms with Crippen molar-refractivity contribution in [3.05, 3.63) is 24.3 Å². The first kappa shape index (κ1) is 5.17. The van der Waals surface area contributed by atoms with Crippen LogP contribution in [0, 0.1) is 0 Å². The fourth-order valence-corrected chi connectivity index (χ4v) is 0.979. The molecule has 0 aromatic rings. The summed E-state index contributed by atoms with van der Waals surface area (Å²) in [6.07, 6.45) is 7.18. The van der Waals surface area contributed by atoms with Gasteiger partial charge in [-0.15, -0.1) is 0 Å². The highest BCUT2D eigenvalue weighted by Gasteiger charge is 2.63. The fraction of sp³-hybridized carbons (Fsp3) is 0.333. The van der Waals surface area contributed by atoms with Gasteiger partial charge in [0.25, 0.3) is 0 Å². The summed E-state index contributed by atoms with van der Waals surface area (Å²) in [7, 11) is 0. The van der Waals surface area contributed by atoms with E-state index in [0.717, 1.165) is 0 Å². The largest absolute Gasteiger partial charge is 0.323 e. The molecule has 1 heterocycles. The number of allylic oxidation sites excluding steroid dienone is 2. The molecule has 1 aliphatic carbocycles. The lowest BCUT2D eigenvalue weighted by atomic mass is 10.1. The molecule has 4 N–H and O–H groups in total. The van der Waals surface area contributed by atoms with E-state index in [4.69, 9.17) is 16.2 Å². The van der Waals surface area contributed by atoms with Gasteiger partial charge >= 0.3 is 0 Å². The Bertz CT molecular complexity index is 189. The third-order valence-electron chi connectivity index (χ3n) is 1.71. The second-order valence-corrected chi connectivity index (χ2v) is 2.41. The van der Waals surface area contributed by atoms with Crippen molar-refractivity contribution in [1.29, 1.82) is 0 Å². The Hall–Kier alpha value is -0.640. The normalized spacial score (nSPS) is 53.1. The number of ether oxygens (including phenoxy) is 1. The van der Waals surface area contributed by atoms with Gasteiger partial charge in [-0.05, 0) is 12.2 Å². The van der Waals surface area contributed by atoms with Crippen molar-refractivity contribution in [2.45, 2.75) is 11.4 Å². The molecular weight excluding hydrogens is 116 g/mol. The molecule has 0 saturated carbocycles. The summed E-state index contributed by atoms with van der Waals surface area (Å²) in [6, 6.07) is 0. The van der Waals surface area contributed by atoms with Gasteiger partial charge in [-0.2, -0.15) is 0 Å². The van der Waals surface area contributed by atoms with Gasteiger partial charge in [0, 0.05) is 0 Å².